The molecule has 2 aromatic carbocycles. The van der Waals surface area contributed by atoms with Crippen molar-refractivity contribution in [1.82, 2.24) is 19.8 Å². The molecule has 3 aromatic rings. The van der Waals surface area contributed by atoms with Gasteiger partial charge in [0.05, 0.1) is 22.6 Å². The number of sulfonamides is 1. The molecule has 178 valence electrons. The number of amides is 1. The second kappa shape index (κ2) is 10.2. The highest BCUT2D eigenvalue weighted by Crippen LogP contribution is 2.25. The van der Waals surface area contributed by atoms with Gasteiger partial charge >= 0.3 is 6.09 Å². The van der Waals surface area contributed by atoms with Crippen LogP contribution >= 0.6 is 0 Å². The lowest BCUT2D eigenvalue weighted by molar-refractivity contribution is 0.0980. The number of nitrogens with zero attached hydrogens (tertiary/aromatic N) is 2. The molecule has 10 nitrogen and oxygen atoms in total. The molecule has 3 rings (SSSR count). The van der Waals surface area contributed by atoms with Crippen LogP contribution in [0.5, 0.6) is 0 Å². The molecule has 2 unspecified atom stereocenters. The zero-order valence-electron chi connectivity index (χ0n) is 18.5. The number of anilines is 1. The molecule has 6 N–H and O–H groups in total. The topological polar surface area (TPSA) is 162 Å². The molecule has 0 fully saturated rings. The number of hydrogen-bond donors (Lipinski definition) is 5. The lowest BCUT2D eigenvalue weighted by Crippen LogP contribution is -2.50. The van der Waals surface area contributed by atoms with Crippen LogP contribution in [0.2, 0.25) is 0 Å². The molecule has 0 spiro atoms. The van der Waals surface area contributed by atoms with Crippen LogP contribution in [0.25, 0.3) is 10.9 Å². The fraction of sp³-hybridized carbons (Fsp3) is 0.364. The molecule has 0 saturated carbocycles. The van der Waals surface area contributed by atoms with Crippen molar-refractivity contribution in [3.63, 3.8) is 0 Å². The number of nitrogens with one attached hydrogen (secondary N) is 2. The average molecular weight is 476 g/mol. The summed E-state index contributed by atoms with van der Waals surface area (Å²) in [5.41, 5.74) is 7.25. The number of aliphatic hydroxyl groups is 1. The normalized spacial score (nSPS) is 14.0. The molecule has 1 amide bonds. The van der Waals surface area contributed by atoms with Gasteiger partial charge in [0.25, 0.3) is 0 Å². The quantitative estimate of drug-likeness (QED) is 0.300. The fourth-order valence-corrected chi connectivity index (χ4v) is 5.30. The maximum absolute atomic E-state index is 13.5. The summed E-state index contributed by atoms with van der Waals surface area (Å²) < 4.78 is 28.2. The van der Waals surface area contributed by atoms with E-state index in [0.717, 1.165) is 5.56 Å². The largest absolute Gasteiger partial charge is 0.465 e. The number of fused-ring (bicyclic) bond motifs is 1. The van der Waals surface area contributed by atoms with Crippen molar-refractivity contribution in [3.8, 4) is 0 Å². The van der Waals surface area contributed by atoms with Crippen molar-refractivity contribution in [2.45, 2.75) is 37.3 Å². The van der Waals surface area contributed by atoms with Gasteiger partial charge in [0.15, 0.2) is 5.82 Å². The number of aromatic amines is 1. The Kier molecular flexibility index (Phi) is 7.57. The Bertz CT molecular complexity index is 1200. The van der Waals surface area contributed by atoms with Crippen LogP contribution in [0.4, 0.5) is 10.6 Å². The molecule has 0 saturated heterocycles. The van der Waals surface area contributed by atoms with Crippen LogP contribution in [0.3, 0.4) is 0 Å². The molecule has 0 aliphatic heterocycles. The number of benzene rings is 2. The summed E-state index contributed by atoms with van der Waals surface area (Å²) in [6.45, 7) is 3.59. The minimum atomic E-state index is -4.01. The molecular weight excluding hydrogens is 446 g/mol. The summed E-state index contributed by atoms with van der Waals surface area (Å²) in [5, 5.41) is 29.6. The Balaban J connectivity index is 1.89. The summed E-state index contributed by atoms with van der Waals surface area (Å²) in [6, 6.07) is 12.7. The number of H-pyrrole nitrogens is 1. The van der Waals surface area contributed by atoms with Crippen LogP contribution in [-0.2, 0) is 16.4 Å². The molecule has 0 radical (unpaired) electrons. The first kappa shape index (κ1) is 24.5. The smallest absolute Gasteiger partial charge is 0.404 e. The van der Waals surface area contributed by atoms with Gasteiger partial charge in [-0.2, -0.15) is 9.40 Å². The highest BCUT2D eigenvalue weighted by Gasteiger charge is 2.31. The van der Waals surface area contributed by atoms with Gasteiger partial charge < -0.3 is 21.3 Å². The molecule has 33 heavy (non-hydrogen) atoms. The second-order valence-electron chi connectivity index (χ2n) is 8.35. The van der Waals surface area contributed by atoms with Crippen molar-refractivity contribution in [2.75, 3.05) is 18.8 Å². The summed E-state index contributed by atoms with van der Waals surface area (Å²) in [4.78, 5) is 11.4. The van der Waals surface area contributed by atoms with Gasteiger partial charge in [0.2, 0.25) is 10.0 Å². The molecule has 0 aliphatic carbocycles. The van der Waals surface area contributed by atoms with Gasteiger partial charge in [-0.25, -0.2) is 13.2 Å². The van der Waals surface area contributed by atoms with Gasteiger partial charge in [-0.3, -0.25) is 5.10 Å². The zero-order valence-corrected chi connectivity index (χ0v) is 19.3. The predicted octanol–water partition coefficient (Wildman–Crippen LogP) is 2.03. The van der Waals surface area contributed by atoms with E-state index in [1.54, 1.807) is 6.07 Å². The Morgan fingerprint density at radius 3 is 2.52 bits per heavy atom. The number of hydrogen-bond acceptors (Lipinski definition) is 6. The van der Waals surface area contributed by atoms with E-state index in [9.17, 15) is 23.4 Å². The molecule has 2 atom stereocenters. The molecule has 11 heteroatoms. The number of nitrogen functional groups attached to an aromatic ring is 1. The third-order valence-electron chi connectivity index (χ3n) is 5.23. The van der Waals surface area contributed by atoms with Crippen LogP contribution in [-0.4, -0.2) is 64.5 Å². The van der Waals surface area contributed by atoms with Gasteiger partial charge in [0, 0.05) is 18.5 Å². The minimum Gasteiger partial charge on any atom is -0.465 e. The van der Waals surface area contributed by atoms with Gasteiger partial charge in [-0.05, 0) is 36.1 Å². The minimum absolute atomic E-state index is 0.0155. The van der Waals surface area contributed by atoms with Crippen LogP contribution < -0.4 is 11.1 Å². The number of nitrogens with two attached hydrogens (primary N) is 1. The second-order valence-corrected chi connectivity index (χ2v) is 10.3. The third kappa shape index (κ3) is 6.01. The number of carboxylic acid groups (broad SMARTS) is 1. The van der Waals surface area contributed by atoms with E-state index in [0.29, 0.717) is 10.9 Å². The lowest BCUT2D eigenvalue weighted by atomic mass is 10.0. The van der Waals surface area contributed by atoms with Crippen LogP contribution in [0, 0.1) is 5.92 Å². The van der Waals surface area contributed by atoms with Crippen LogP contribution in [0.15, 0.2) is 53.4 Å². The van der Waals surface area contributed by atoms with E-state index >= 15 is 0 Å². The van der Waals surface area contributed by atoms with Crippen molar-refractivity contribution in [3.05, 3.63) is 54.1 Å². The highest BCUT2D eigenvalue weighted by molar-refractivity contribution is 7.89. The molecule has 0 aliphatic rings. The number of aliphatic hydroxyl groups excluding tert-OH is 1. The lowest BCUT2D eigenvalue weighted by Gasteiger charge is -2.30. The highest BCUT2D eigenvalue weighted by atomic mass is 32.2. The van der Waals surface area contributed by atoms with E-state index in [4.69, 9.17) is 5.73 Å². The van der Waals surface area contributed by atoms with Gasteiger partial charge in [-0.15, -0.1) is 0 Å². The first-order valence-electron chi connectivity index (χ1n) is 10.5. The summed E-state index contributed by atoms with van der Waals surface area (Å²) in [7, 11) is -4.01. The Morgan fingerprint density at radius 1 is 1.18 bits per heavy atom. The maximum atomic E-state index is 13.5. The zero-order chi connectivity index (χ0) is 24.2. The number of aromatic nitrogens is 2. The standard InChI is InChI=1S/C22H29N5O5S/c1-14(2)12-27(33(31,32)16-8-9-18-17(11-16)21(23)26-25-18)13-20(28)19(24-22(29)30)10-15-6-4-3-5-7-15/h3-9,11,14,19-20,24,28H,10,12-13H2,1-2H3,(H,29,30)(H3,23,25,26). The fourth-order valence-electron chi connectivity index (χ4n) is 3.65. The summed E-state index contributed by atoms with van der Waals surface area (Å²) in [6.07, 6.45) is -2.37. The van der Waals surface area contributed by atoms with Crippen molar-refractivity contribution in [2.24, 2.45) is 5.92 Å². The predicted molar refractivity (Wildman–Crippen MR) is 125 cm³/mol. The first-order chi connectivity index (χ1) is 15.6. The van der Waals surface area contributed by atoms with E-state index in [1.165, 1.54) is 16.4 Å². The Hall–Kier alpha value is -3.15. The number of carbonyl (C=O) groups is 1. The molecular formula is C22H29N5O5S. The van der Waals surface area contributed by atoms with E-state index < -0.39 is 28.3 Å². The molecule has 0 bridgehead atoms. The SMILES string of the molecule is CC(C)CN(CC(O)C(Cc1ccccc1)NC(=O)O)S(=O)(=O)c1ccc2[nH]nc(N)c2c1. The van der Waals surface area contributed by atoms with Gasteiger partial charge in [0.1, 0.15) is 0 Å². The summed E-state index contributed by atoms with van der Waals surface area (Å²) in [5.74, 6) is 0.154. The average Bonchev–Trinajstić information content (AvgIpc) is 3.13. The van der Waals surface area contributed by atoms with Gasteiger partial charge in [-0.1, -0.05) is 44.2 Å². The summed E-state index contributed by atoms with van der Waals surface area (Å²) >= 11 is 0. The Labute approximate surface area is 192 Å². The van der Waals surface area contributed by atoms with E-state index in [2.05, 4.69) is 15.5 Å². The van der Waals surface area contributed by atoms with Crippen molar-refractivity contribution >= 4 is 32.8 Å². The van der Waals surface area contributed by atoms with E-state index in [1.807, 2.05) is 44.2 Å². The van der Waals surface area contributed by atoms with Crippen molar-refractivity contribution in [1.29, 1.82) is 0 Å². The molecule has 1 heterocycles. The van der Waals surface area contributed by atoms with Crippen LogP contribution in [0.1, 0.15) is 19.4 Å². The first-order valence-corrected chi connectivity index (χ1v) is 12.0. The van der Waals surface area contributed by atoms with Crippen molar-refractivity contribution < 1.29 is 23.4 Å². The number of rotatable bonds is 10. The maximum Gasteiger partial charge on any atom is 0.404 e. The monoisotopic (exact) mass is 475 g/mol. The third-order valence-corrected chi connectivity index (χ3v) is 7.06. The molecule has 1 aromatic heterocycles. The Morgan fingerprint density at radius 2 is 1.88 bits per heavy atom. The van der Waals surface area contributed by atoms with E-state index in [-0.39, 0.29) is 36.1 Å².